The van der Waals surface area contributed by atoms with Gasteiger partial charge in [0.2, 0.25) is 0 Å². The first-order valence-corrected chi connectivity index (χ1v) is 19.2. The number of unbranched alkanes of at least 4 members (excludes halogenated alkanes) is 3. The summed E-state index contributed by atoms with van der Waals surface area (Å²) >= 11 is 0. The molecule has 0 aliphatic carbocycles. The third-order valence-electron chi connectivity index (χ3n) is 7.89. The van der Waals surface area contributed by atoms with Crippen LogP contribution in [0.4, 0.5) is 0 Å². The van der Waals surface area contributed by atoms with E-state index < -0.39 is 38.6 Å². The molecule has 1 heterocycles. The maximum atomic E-state index is 10.9. The molecule has 0 aromatic heterocycles. The average molecular weight is 533 g/mol. The van der Waals surface area contributed by atoms with Crippen LogP contribution < -0.4 is 0 Å². The first kappa shape index (κ1) is 33.0. The molecule has 6 atom stereocenters. The number of rotatable bonds is 18. The van der Waals surface area contributed by atoms with Crippen molar-refractivity contribution in [3.05, 3.63) is 12.3 Å². The lowest BCUT2D eigenvalue weighted by molar-refractivity contribution is -0.243. The topological polar surface area (TPSA) is 99.4 Å². The molecule has 0 amide bonds. The summed E-state index contributed by atoms with van der Waals surface area (Å²) in [6, 6.07) is 1.20. The largest absolute Gasteiger partial charge is 0.396 e. The van der Waals surface area contributed by atoms with Crippen LogP contribution in [0.2, 0.25) is 30.7 Å². The van der Waals surface area contributed by atoms with E-state index in [0.717, 1.165) is 38.5 Å². The summed E-state index contributed by atoms with van der Waals surface area (Å²) in [5.41, 5.74) is 2.42. The van der Waals surface area contributed by atoms with Crippen LogP contribution in [0.3, 0.4) is 0 Å². The van der Waals surface area contributed by atoms with Crippen LogP contribution in [0.15, 0.2) is 12.3 Å². The Morgan fingerprint density at radius 3 is 2.20 bits per heavy atom. The number of hydrogen-bond acceptors (Lipinski definition) is 6. The minimum Gasteiger partial charge on any atom is -0.396 e. The van der Waals surface area contributed by atoms with Gasteiger partial charge in [0.1, 0.15) is 24.4 Å². The summed E-state index contributed by atoms with van der Waals surface area (Å²) in [7, 11) is -1.62. The Labute approximate surface area is 218 Å². The number of aliphatic hydroxyl groups excluding tert-OH is 4. The molecule has 1 saturated heterocycles. The number of hydrogen-bond donors (Lipinski definition) is 4. The fraction of sp³-hybridized carbons (Fsp3) is 0.926. The van der Waals surface area contributed by atoms with Gasteiger partial charge in [0.15, 0.2) is 0 Å². The Balaban J connectivity index is 2.74. The third kappa shape index (κ3) is 11.5. The van der Waals surface area contributed by atoms with E-state index in [9.17, 15) is 15.3 Å². The summed E-state index contributed by atoms with van der Waals surface area (Å²) < 4.78 is 11.9. The Morgan fingerprint density at radius 2 is 1.63 bits per heavy atom. The molecular weight excluding hydrogens is 476 g/mol. The van der Waals surface area contributed by atoms with Gasteiger partial charge in [-0.1, -0.05) is 59.7 Å². The molecule has 1 aliphatic heterocycles. The normalized spacial score (nSPS) is 27.9. The van der Waals surface area contributed by atoms with E-state index in [1.165, 1.54) is 12.5 Å². The zero-order valence-corrected chi connectivity index (χ0v) is 25.9. The summed E-state index contributed by atoms with van der Waals surface area (Å²) in [6.45, 7) is 18.9. The maximum absolute atomic E-state index is 10.9. The molecule has 1 rings (SSSR count). The third-order valence-corrected chi connectivity index (χ3v) is 12.9. The summed E-state index contributed by atoms with van der Waals surface area (Å²) in [5, 5.41) is 40.7. The van der Waals surface area contributed by atoms with E-state index in [2.05, 4.69) is 52.7 Å². The minimum absolute atomic E-state index is 0.141. The second-order valence-electron chi connectivity index (χ2n) is 12.6. The zero-order valence-electron chi connectivity index (χ0n) is 23.5. The van der Waals surface area contributed by atoms with Gasteiger partial charge in [-0.15, -0.1) is 12.3 Å². The highest BCUT2D eigenvalue weighted by atomic mass is 28.3. The van der Waals surface area contributed by atoms with Crippen molar-refractivity contribution in [3.8, 4) is 0 Å². The van der Waals surface area contributed by atoms with E-state index in [1.807, 2.05) is 0 Å². The van der Waals surface area contributed by atoms with E-state index in [-0.39, 0.29) is 28.1 Å². The molecule has 6 nitrogen and oxygen atoms in total. The molecule has 0 aromatic carbocycles. The zero-order chi connectivity index (χ0) is 26.7. The molecule has 0 spiro atoms. The molecule has 6 unspecified atom stereocenters. The summed E-state index contributed by atoms with van der Waals surface area (Å²) in [6.07, 6.45) is 3.35. The first-order valence-electron chi connectivity index (χ1n) is 13.8. The van der Waals surface area contributed by atoms with Crippen molar-refractivity contribution >= 4 is 17.6 Å². The highest BCUT2D eigenvalue weighted by molar-refractivity contribution is 6.82. The molecular formula is C27H56O6Si2. The fourth-order valence-corrected chi connectivity index (χ4v) is 9.32. The molecule has 0 radical (unpaired) electrons. The van der Waals surface area contributed by atoms with Gasteiger partial charge < -0.3 is 29.9 Å². The lowest BCUT2D eigenvalue weighted by Gasteiger charge is -2.43. The second kappa shape index (κ2) is 15.4. The molecule has 35 heavy (non-hydrogen) atoms. The van der Waals surface area contributed by atoms with E-state index >= 15 is 0 Å². The lowest BCUT2D eigenvalue weighted by atomic mass is 9.79. The van der Waals surface area contributed by atoms with Crippen LogP contribution in [0.1, 0.15) is 72.1 Å². The molecule has 0 aromatic rings. The van der Waals surface area contributed by atoms with Gasteiger partial charge in [-0.25, -0.2) is 0 Å². The van der Waals surface area contributed by atoms with Crippen LogP contribution in [-0.2, 0) is 9.47 Å². The van der Waals surface area contributed by atoms with Gasteiger partial charge in [0.05, 0.1) is 20.8 Å². The molecule has 1 fully saturated rings. The number of aliphatic hydroxyl groups is 4. The van der Waals surface area contributed by atoms with Gasteiger partial charge >= 0.3 is 0 Å². The van der Waals surface area contributed by atoms with E-state index in [4.69, 9.17) is 14.6 Å². The van der Waals surface area contributed by atoms with Crippen LogP contribution in [0, 0.1) is 5.41 Å². The minimum atomic E-state index is -1.48. The quantitative estimate of drug-likeness (QED) is 0.158. The Hall–Kier alpha value is -0.0662. The first-order chi connectivity index (χ1) is 16.3. The molecule has 1 aliphatic rings. The van der Waals surface area contributed by atoms with Crippen molar-refractivity contribution in [2.24, 2.45) is 5.41 Å². The predicted octanol–water partition coefficient (Wildman–Crippen LogP) is 3.82. The van der Waals surface area contributed by atoms with Crippen molar-refractivity contribution in [2.45, 2.75) is 133 Å². The Morgan fingerprint density at radius 1 is 1.00 bits per heavy atom. The summed E-state index contributed by atoms with van der Waals surface area (Å²) in [5.74, 6) is 0. The van der Waals surface area contributed by atoms with Crippen LogP contribution in [0.25, 0.3) is 0 Å². The van der Waals surface area contributed by atoms with Crippen molar-refractivity contribution in [2.75, 3.05) is 19.8 Å². The molecule has 8 heteroatoms. The van der Waals surface area contributed by atoms with Gasteiger partial charge in [-0.2, -0.15) is 0 Å². The Kier molecular flexibility index (Phi) is 14.5. The lowest BCUT2D eigenvalue weighted by Crippen LogP contribution is -2.59. The molecule has 0 bridgehead atoms. The smallest absolute Gasteiger partial charge is 0.114 e. The molecule has 208 valence electrons. The van der Waals surface area contributed by atoms with Crippen molar-refractivity contribution in [1.82, 2.24) is 0 Å². The fourth-order valence-electron chi connectivity index (χ4n) is 5.82. The standard InChI is InChI=1S/C27H56O6Si2/c1-8-35(6,7)20-27(4,19-26(2,3)34-5)15-13-17-32-25-23(30)21(14-11-9-10-12-16-28)33-22(18-29)24(25)31/h8,21-25,28-31H,1,9-20,34H2,2-7H3. The van der Waals surface area contributed by atoms with Crippen LogP contribution in [0.5, 0.6) is 0 Å². The number of ether oxygens (including phenoxy) is 2. The van der Waals surface area contributed by atoms with Crippen molar-refractivity contribution < 1.29 is 29.9 Å². The maximum Gasteiger partial charge on any atom is 0.114 e. The van der Waals surface area contributed by atoms with Crippen LogP contribution >= 0.6 is 0 Å². The Bertz CT molecular complexity index is 602. The monoisotopic (exact) mass is 532 g/mol. The molecule has 4 N–H and O–H groups in total. The predicted molar refractivity (Wildman–Crippen MR) is 151 cm³/mol. The van der Waals surface area contributed by atoms with E-state index in [0.29, 0.717) is 18.1 Å². The van der Waals surface area contributed by atoms with Crippen LogP contribution in [-0.4, -0.2) is 88.4 Å². The highest BCUT2D eigenvalue weighted by Gasteiger charge is 2.44. The van der Waals surface area contributed by atoms with Gasteiger partial charge in [-0.3, -0.25) is 0 Å². The van der Waals surface area contributed by atoms with Gasteiger partial charge in [0.25, 0.3) is 0 Å². The van der Waals surface area contributed by atoms with Gasteiger partial charge in [0, 0.05) is 22.7 Å². The molecule has 0 saturated carbocycles. The van der Waals surface area contributed by atoms with Gasteiger partial charge in [-0.05, 0) is 48.6 Å². The average Bonchev–Trinajstić information content (AvgIpc) is 2.78. The summed E-state index contributed by atoms with van der Waals surface area (Å²) in [4.78, 5) is 0. The van der Waals surface area contributed by atoms with Crippen molar-refractivity contribution in [1.29, 1.82) is 0 Å². The second-order valence-corrected chi connectivity index (χ2v) is 20.0. The highest BCUT2D eigenvalue weighted by Crippen LogP contribution is 2.46. The van der Waals surface area contributed by atoms with E-state index in [1.54, 1.807) is 0 Å². The SMILES string of the molecule is C=C[Si](C)(C)CC(C)(CCCOC1C(O)C(CO)OC(CCCCCCO)C1O)CC(C)(C)[SiH2]C. The van der Waals surface area contributed by atoms with Crippen molar-refractivity contribution in [3.63, 3.8) is 0 Å².